The lowest BCUT2D eigenvalue weighted by Gasteiger charge is -2.14. The van der Waals surface area contributed by atoms with Crippen LogP contribution in [0.1, 0.15) is 41.3 Å². The average molecular weight is 398 g/mol. The molecule has 7 heteroatoms. The lowest BCUT2D eigenvalue weighted by atomic mass is 10.0. The highest BCUT2D eigenvalue weighted by Crippen LogP contribution is 2.38. The van der Waals surface area contributed by atoms with E-state index in [4.69, 9.17) is 14.2 Å². The monoisotopic (exact) mass is 398 g/mol. The van der Waals surface area contributed by atoms with E-state index in [9.17, 15) is 9.59 Å². The third-order valence-electron chi connectivity index (χ3n) is 4.26. The Hall–Kier alpha value is -3.48. The minimum Gasteiger partial charge on any atom is -0.493 e. The zero-order chi connectivity index (χ0) is 21.4. The van der Waals surface area contributed by atoms with E-state index in [-0.39, 0.29) is 5.56 Å². The van der Waals surface area contributed by atoms with Crippen LogP contribution in [0.2, 0.25) is 0 Å². The Labute approximate surface area is 170 Å². The van der Waals surface area contributed by atoms with Crippen molar-refractivity contribution in [2.45, 2.75) is 19.8 Å². The third-order valence-corrected chi connectivity index (χ3v) is 4.26. The Bertz CT molecular complexity index is 864. The first-order valence-electron chi connectivity index (χ1n) is 9.08. The second kappa shape index (κ2) is 10.2. The van der Waals surface area contributed by atoms with E-state index in [1.54, 1.807) is 6.08 Å². The van der Waals surface area contributed by atoms with Gasteiger partial charge in [-0.3, -0.25) is 20.4 Å². The first kappa shape index (κ1) is 21.8. The van der Waals surface area contributed by atoms with Crippen LogP contribution < -0.4 is 25.1 Å². The Kier molecular flexibility index (Phi) is 7.65. The van der Waals surface area contributed by atoms with Gasteiger partial charge in [0.15, 0.2) is 11.5 Å². The van der Waals surface area contributed by atoms with Crippen LogP contribution in [0.5, 0.6) is 17.2 Å². The summed E-state index contributed by atoms with van der Waals surface area (Å²) in [5, 5.41) is 0. The Morgan fingerprint density at radius 3 is 1.97 bits per heavy atom. The maximum absolute atomic E-state index is 12.4. The SMILES string of the molecule is COc1cc(C(=O)NNC(=O)/C=C/c2ccc(C(C)C)cc2)cc(OC)c1OC. The number of benzene rings is 2. The zero-order valence-corrected chi connectivity index (χ0v) is 17.2. The quantitative estimate of drug-likeness (QED) is 0.552. The Morgan fingerprint density at radius 2 is 1.48 bits per heavy atom. The van der Waals surface area contributed by atoms with Crippen LogP contribution in [-0.2, 0) is 4.79 Å². The molecule has 0 aliphatic heterocycles. The Morgan fingerprint density at radius 1 is 0.897 bits per heavy atom. The summed E-state index contributed by atoms with van der Waals surface area (Å²) in [6, 6.07) is 10.9. The highest BCUT2D eigenvalue weighted by Gasteiger charge is 2.17. The standard InChI is InChI=1S/C22H26N2O5/c1-14(2)16-9-6-15(7-10-16)8-11-20(25)23-24-22(26)17-12-18(27-3)21(29-5)19(13-17)28-4/h6-14H,1-5H3,(H,23,25)(H,24,26)/b11-8+. The number of carbonyl (C=O) groups excluding carboxylic acids is 2. The van der Waals surface area contributed by atoms with Gasteiger partial charge in [-0.25, -0.2) is 0 Å². The molecule has 0 heterocycles. The molecule has 2 rings (SSSR count). The molecule has 0 bridgehead atoms. The van der Waals surface area contributed by atoms with Crippen LogP contribution in [-0.4, -0.2) is 33.1 Å². The molecule has 0 atom stereocenters. The van der Waals surface area contributed by atoms with Crippen molar-refractivity contribution in [3.63, 3.8) is 0 Å². The molecule has 0 radical (unpaired) electrons. The highest BCUT2D eigenvalue weighted by molar-refractivity contribution is 5.98. The van der Waals surface area contributed by atoms with Gasteiger partial charge in [-0.15, -0.1) is 0 Å². The topological polar surface area (TPSA) is 85.9 Å². The number of ether oxygens (including phenoxy) is 3. The maximum Gasteiger partial charge on any atom is 0.269 e. The molecule has 2 N–H and O–H groups in total. The molecule has 0 fully saturated rings. The zero-order valence-electron chi connectivity index (χ0n) is 17.2. The average Bonchev–Trinajstić information content (AvgIpc) is 2.74. The number of rotatable bonds is 7. The van der Waals surface area contributed by atoms with Crippen molar-refractivity contribution in [2.75, 3.05) is 21.3 Å². The predicted octanol–water partition coefficient (Wildman–Crippen LogP) is 3.31. The summed E-state index contributed by atoms with van der Waals surface area (Å²) in [6.45, 7) is 4.24. The summed E-state index contributed by atoms with van der Waals surface area (Å²) >= 11 is 0. The van der Waals surface area contributed by atoms with Crippen LogP contribution in [0.4, 0.5) is 0 Å². The fourth-order valence-electron chi connectivity index (χ4n) is 2.61. The molecular weight excluding hydrogens is 372 g/mol. The summed E-state index contributed by atoms with van der Waals surface area (Å²) in [6.07, 6.45) is 3.02. The van der Waals surface area contributed by atoms with Gasteiger partial charge < -0.3 is 14.2 Å². The lowest BCUT2D eigenvalue weighted by Crippen LogP contribution is -2.40. The van der Waals surface area contributed by atoms with Gasteiger partial charge in [0, 0.05) is 11.6 Å². The molecule has 0 saturated carbocycles. The molecular formula is C22H26N2O5. The molecule has 29 heavy (non-hydrogen) atoms. The second-order valence-electron chi connectivity index (χ2n) is 6.51. The van der Waals surface area contributed by atoms with E-state index in [0.29, 0.717) is 23.2 Å². The van der Waals surface area contributed by atoms with Crippen LogP contribution >= 0.6 is 0 Å². The van der Waals surface area contributed by atoms with Crippen molar-refractivity contribution >= 4 is 17.9 Å². The lowest BCUT2D eigenvalue weighted by molar-refractivity contribution is -0.117. The van der Waals surface area contributed by atoms with Gasteiger partial charge in [-0.2, -0.15) is 0 Å². The first-order valence-corrected chi connectivity index (χ1v) is 9.08. The second-order valence-corrected chi connectivity index (χ2v) is 6.51. The van der Waals surface area contributed by atoms with Crippen molar-refractivity contribution in [1.82, 2.24) is 10.9 Å². The molecule has 0 aliphatic rings. The van der Waals surface area contributed by atoms with Gasteiger partial charge in [0.25, 0.3) is 11.8 Å². The fraction of sp³-hybridized carbons (Fsp3) is 0.273. The molecule has 2 aromatic carbocycles. The van der Waals surface area contributed by atoms with Crippen molar-refractivity contribution in [2.24, 2.45) is 0 Å². The molecule has 0 spiro atoms. The van der Waals surface area contributed by atoms with Crippen molar-refractivity contribution in [3.8, 4) is 17.2 Å². The third kappa shape index (κ3) is 5.75. The van der Waals surface area contributed by atoms with Gasteiger partial charge in [0.05, 0.1) is 21.3 Å². The molecule has 2 amide bonds. The van der Waals surface area contributed by atoms with Gasteiger partial charge in [0.1, 0.15) is 0 Å². The number of hydrogen-bond acceptors (Lipinski definition) is 5. The molecule has 154 valence electrons. The first-order chi connectivity index (χ1) is 13.9. The van der Waals surface area contributed by atoms with Crippen LogP contribution in [0, 0.1) is 0 Å². The summed E-state index contributed by atoms with van der Waals surface area (Å²) in [5.41, 5.74) is 7.06. The Balaban J connectivity index is 2.00. The molecule has 2 aromatic rings. The van der Waals surface area contributed by atoms with Crippen molar-refractivity contribution in [3.05, 3.63) is 59.2 Å². The number of nitrogens with one attached hydrogen (secondary N) is 2. The number of methoxy groups -OCH3 is 3. The maximum atomic E-state index is 12.4. The van der Waals surface area contributed by atoms with Crippen LogP contribution in [0.15, 0.2) is 42.5 Å². The van der Waals surface area contributed by atoms with E-state index >= 15 is 0 Å². The number of hydrazine groups is 1. The van der Waals surface area contributed by atoms with Gasteiger partial charge in [-0.05, 0) is 35.3 Å². The smallest absolute Gasteiger partial charge is 0.269 e. The summed E-state index contributed by atoms with van der Waals surface area (Å²) in [7, 11) is 4.39. The highest BCUT2D eigenvalue weighted by atomic mass is 16.5. The van der Waals surface area contributed by atoms with Crippen molar-refractivity contribution < 1.29 is 23.8 Å². The number of amides is 2. The largest absolute Gasteiger partial charge is 0.493 e. The van der Waals surface area contributed by atoms with E-state index in [2.05, 4.69) is 24.7 Å². The van der Waals surface area contributed by atoms with E-state index in [1.165, 1.54) is 45.1 Å². The minimum absolute atomic E-state index is 0.244. The van der Waals surface area contributed by atoms with E-state index in [1.807, 2.05) is 24.3 Å². The van der Waals surface area contributed by atoms with Crippen LogP contribution in [0.25, 0.3) is 6.08 Å². The summed E-state index contributed by atoms with van der Waals surface area (Å²) in [5.74, 6) is 0.524. The van der Waals surface area contributed by atoms with Gasteiger partial charge in [0.2, 0.25) is 5.75 Å². The summed E-state index contributed by atoms with van der Waals surface area (Å²) in [4.78, 5) is 24.4. The molecule has 7 nitrogen and oxygen atoms in total. The van der Waals surface area contributed by atoms with Gasteiger partial charge >= 0.3 is 0 Å². The van der Waals surface area contributed by atoms with E-state index in [0.717, 1.165) is 5.56 Å². The van der Waals surface area contributed by atoms with Gasteiger partial charge in [-0.1, -0.05) is 38.1 Å². The fourth-order valence-corrected chi connectivity index (χ4v) is 2.61. The molecule has 0 unspecified atom stereocenters. The number of carbonyl (C=O) groups is 2. The van der Waals surface area contributed by atoms with E-state index < -0.39 is 11.8 Å². The van der Waals surface area contributed by atoms with Crippen LogP contribution in [0.3, 0.4) is 0 Å². The molecule has 0 aromatic heterocycles. The number of hydrogen-bond donors (Lipinski definition) is 2. The van der Waals surface area contributed by atoms with Crippen molar-refractivity contribution in [1.29, 1.82) is 0 Å². The minimum atomic E-state index is -0.521. The molecule has 0 saturated heterocycles. The predicted molar refractivity (Wildman–Crippen MR) is 111 cm³/mol. The molecule has 0 aliphatic carbocycles. The summed E-state index contributed by atoms with van der Waals surface area (Å²) < 4.78 is 15.7. The normalized spacial score (nSPS) is 10.7.